The third kappa shape index (κ3) is 2.80. The summed E-state index contributed by atoms with van der Waals surface area (Å²) in [6.07, 6.45) is 4.77. The molecule has 1 aromatic heterocycles. The first-order valence-corrected chi connectivity index (χ1v) is 7.91. The highest BCUT2D eigenvalue weighted by atomic mass is 16.2. The molecular weight excluding hydrogens is 262 g/mol. The van der Waals surface area contributed by atoms with E-state index in [1.54, 1.807) is 0 Å². The van der Waals surface area contributed by atoms with Crippen molar-refractivity contribution in [3.05, 3.63) is 30.0 Å². The van der Waals surface area contributed by atoms with Gasteiger partial charge in [-0.1, -0.05) is 44.9 Å². The maximum Gasteiger partial charge on any atom is 0.272 e. The zero-order valence-corrected chi connectivity index (χ0v) is 12.7. The number of hydrogen-bond acceptors (Lipinski definition) is 2. The molecule has 112 valence electrons. The highest BCUT2D eigenvalue weighted by molar-refractivity contribution is 6.04. The molecular formula is C17H23N3O. The number of benzene rings is 1. The van der Waals surface area contributed by atoms with Gasteiger partial charge < -0.3 is 5.32 Å². The first-order chi connectivity index (χ1) is 10.2. The topological polar surface area (TPSA) is 57.8 Å². The number of aromatic amines is 1. The molecule has 2 N–H and O–H groups in total. The Kier molecular flexibility index (Phi) is 3.95. The van der Waals surface area contributed by atoms with Crippen LogP contribution >= 0.6 is 0 Å². The van der Waals surface area contributed by atoms with Crippen LogP contribution in [0.25, 0.3) is 10.9 Å². The Labute approximate surface area is 125 Å². The summed E-state index contributed by atoms with van der Waals surface area (Å²) in [7, 11) is 0. The van der Waals surface area contributed by atoms with Gasteiger partial charge in [0.1, 0.15) is 0 Å². The highest BCUT2D eigenvalue weighted by Gasteiger charge is 2.29. The number of carbonyl (C=O) groups is 1. The summed E-state index contributed by atoms with van der Waals surface area (Å²) >= 11 is 0. The Morgan fingerprint density at radius 1 is 1.29 bits per heavy atom. The number of fused-ring (bicyclic) bond motifs is 1. The zero-order chi connectivity index (χ0) is 14.8. The third-order valence-corrected chi connectivity index (χ3v) is 4.68. The molecule has 2 aromatic rings. The fourth-order valence-electron chi connectivity index (χ4n) is 3.51. The van der Waals surface area contributed by atoms with E-state index in [9.17, 15) is 4.79 Å². The van der Waals surface area contributed by atoms with Crippen LogP contribution in [0, 0.1) is 11.8 Å². The second-order valence-electron chi connectivity index (χ2n) is 6.39. The number of carbonyl (C=O) groups excluding carboxylic acids is 1. The minimum atomic E-state index is -0.0509. The molecule has 1 fully saturated rings. The van der Waals surface area contributed by atoms with Gasteiger partial charge in [0.15, 0.2) is 5.69 Å². The molecule has 1 aliphatic carbocycles. The fraction of sp³-hybridized carbons (Fsp3) is 0.529. The Balaban J connectivity index is 1.79. The van der Waals surface area contributed by atoms with E-state index in [4.69, 9.17) is 0 Å². The summed E-state index contributed by atoms with van der Waals surface area (Å²) in [5, 5.41) is 11.2. The van der Waals surface area contributed by atoms with Crippen LogP contribution < -0.4 is 5.32 Å². The van der Waals surface area contributed by atoms with Gasteiger partial charge in [-0.15, -0.1) is 0 Å². The Morgan fingerprint density at radius 2 is 2.05 bits per heavy atom. The molecule has 0 saturated heterocycles. The number of rotatable bonds is 3. The number of nitrogens with one attached hydrogen (secondary N) is 2. The van der Waals surface area contributed by atoms with Crippen molar-refractivity contribution in [3.8, 4) is 0 Å². The molecule has 1 amide bonds. The second-order valence-corrected chi connectivity index (χ2v) is 6.39. The third-order valence-electron chi connectivity index (χ3n) is 4.68. The lowest BCUT2D eigenvalue weighted by Crippen LogP contribution is -2.44. The molecule has 4 nitrogen and oxygen atoms in total. The van der Waals surface area contributed by atoms with Crippen molar-refractivity contribution < 1.29 is 4.79 Å². The number of amides is 1. The highest BCUT2D eigenvalue weighted by Crippen LogP contribution is 2.30. The van der Waals surface area contributed by atoms with Gasteiger partial charge in [0.2, 0.25) is 0 Å². The minimum Gasteiger partial charge on any atom is -0.348 e. The fourth-order valence-corrected chi connectivity index (χ4v) is 3.51. The molecule has 21 heavy (non-hydrogen) atoms. The molecule has 2 atom stereocenters. The van der Waals surface area contributed by atoms with Gasteiger partial charge in [-0.05, 0) is 30.7 Å². The number of aromatic nitrogens is 2. The first-order valence-electron chi connectivity index (χ1n) is 7.91. The summed E-state index contributed by atoms with van der Waals surface area (Å²) in [4.78, 5) is 12.6. The van der Waals surface area contributed by atoms with Crippen LogP contribution in [0.2, 0.25) is 0 Å². The molecule has 1 saturated carbocycles. The number of H-pyrrole nitrogens is 1. The van der Waals surface area contributed by atoms with E-state index in [2.05, 4.69) is 29.4 Å². The standard InChI is InChI=1S/C17H23N3O/c1-11(2)12-7-3-5-9-14(12)18-17(21)16-13-8-4-6-10-15(13)19-20-16/h4,6,8,10-12,14H,3,5,7,9H2,1-2H3,(H,18,21)(H,19,20). The molecule has 3 rings (SSSR count). The lowest BCUT2D eigenvalue weighted by molar-refractivity contribution is 0.0885. The summed E-state index contributed by atoms with van der Waals surface area (Å²) < 4.78 is 0. The molecule has 4 heteroatoms. The molecule has 2 unspecified atom stereocenters. The first kappa shape index (κ1) is 14.1. The van der Waals surface area contributed by atoms with Crippen LogP contribution in [0.4, 0.5) is 0 Å². The van der Waals surface area contributed by atoms with E-state index in [0.717, 1.165) is 17.3 Å². The van der Waals surface area contributed by atoms with Crippen LogP contribution in [-0.4, -0.2) is 22.1 Å². The van der Waals surface area contributed by atoms with Crippen LogP contribution in [0.1, 0.15) is 50.0 Å². The van der Waals surface area contributed by atoms with Gasteiger partial charge in [0.05, 0.1) is 5.52 Å². The van der Waals surface area contributed by atoms with E-state index in [-0.39, 0.29) is 11.9 Å². The molecule has 1 aliphatic rings. The number of nitrogens with zero attached hydrogens (tertiary/aromatic N) is 1. The molecule has 0 bridgehead atoms. The van der Waals surface area contributed by atoms with Gasteiger partial charge in [0, 0.05) is 11.4 Å². The molecule has 1 aromatic carbocycles. The average molecular weight is 285 g/mol. The predicted octanol–water partition coefficient (Wildman–Crippen LogP) is 3.51. The Morgan fingerprint density at radius 3 is 2.86 bits per heavy atom. The number of para-hydroxylation sites is 1. The molecule has 0 spiro atoms. The van der Waals surface area contributed by atoms with Crippen LogP contribution in [-0.2, 0) is 0 Å². The maximum atomic E-state index is 12.6. The van der Waals surface area contributed by atoms with Crippen LogP contribution in [0.15, 0.2) is 24.3 Å². The quantitative estimate of drug-likeness (QED) is 0.906. The lowest BCUT2D eigenvalue weighted by Gasteiger charge is -2.34. The van der Waals surface area contributed by atoms with Crippen LogP contribution in [0.5, 0.6) is 0 Å². The number of hydrogen-bond donors (Lipinski definition) is 2. The SMILES string of the molecule is CC(C)C1CCCCC1NC(=O)c1n[nH]c2ccccc12. The van der Waals surface area contributed by atoms with Gasteiger partial charge in [-0.25, -0.2) is 0 Å². The van der Waals surface area contributed by atoms with Gasteiger partial charge in [-0.2, -0.15) is 5.10 Å². The summed E-state index contributed by atoms with van der Waals surface area (Å²) in [6, 6.07) is 8.04. The maximum absolute atomic E-state index is 12.6. The van der Waals surface area contributed by atoms with Crippen molar-refractivity contribution in [2.24, 2.45) is 11.8 Å². The largest absolute Gasteiger partial charge is 0.348 e. The van der Waals surface area contributed by atoms with Gasteiger partial charge >= 0.3 is 0 Å². The monoisotopic (exact) mass is 285 g/mol. The van der Waals surface area contributed by atoms with Crippen LogP contribution in [0.3, 0.4) is 0 Å². The van der Waals surface area contributed by atoms with Crippen molar-refractivity contribution in [1.82, 2.24) is 15.5 Å². The van der Waals surface area contributed by atoms with E-state index in [1.165, 1.54) is 19.3 Å². The predicted molar refractivity (Wildman–Crippen MR) is 84.1 cm³/mol. The zero-order valence-electron chi connectivity index (χ0n) is 12.7. The normalized spacial score (nSPS) is 22.6. The van der Waals surface area contributed by atoms with E-state index in [0.29, 0.717) is 17.5 Å². The minimum absolute atomic E-state index is 0.0509. The van der Waals surface area contributed by atoms with Gasteiger partial charge in [-0.3, -0.25) is 9.89 Å². The molecule has 0 aliphatic heterocycles. The summed E-state index contributed by atoms with van der Waals surface area (Å²) in [5.41, 5.74) is 1.42. The van der Waals surface area contributed by atoms with Crippen molar-refractivity contribution in [3.63, 3.8) is 0 Å². The van der Waals surface area contributed by atoms with Crippen molar-refractivity contribution in [2.75, 3.05) is 0 Å². The molecule has 1 heterocycles. The van der Waals surface area contributed by atoms with E-state index >= 15 is 0 Å². The lowest BCUT2D eigenvalue weighted by atomic mass is 9.78. The summed E-state index contributed by atoms with van der Waals surface area (Å²) in [6.45, 7) is 4.50. The van der Waals surface area contributed by atoms with E-state index < -0.39 is 0 Å². The Bertz CT molecular complexity index is 632. The molecule has 0 radical (unpaired) electrons. The second kappa shape index (κ2) is 5.88. The van der Waals surface area contributed by atoms with E-state index in [1.807, 2.05) is 24.3 Å². The average Bonchev–Trinajstić information content (AvgIpc) is 2.91. The van der Waals surface area contributed by atoms with Crippen molar-refractivity contribution in [1.29, 1.82) is 0 Å². The van der Waals surface area contributed by atoms with Crippen molar-refractivity contribution >= 4 is 16.8 Å². The van der Waals surface area contributed by atoms with Gasteiger partial charge in [0.25, 0.3) is 5.91 Å². The Hall–Kier alpha value is -1.84. The van der Waals surface area contributed by atoms with Crippen molar-refractivity contribution in [2.45, 2.75) is 45.6 Å². The summed E-state index contributed by atoms with van der Waals surface area (Å²) in [5.74, 6) is 1.13. The smallest absolute Gasteiger partial charge is 0.272 e.